The van der Waals surface area contributed by atoms with Gasteiger partial charge in [-0.1, -0.05) is 12.1 Å². The molecule has 0 radical (unpaired) electrons. The third-order valence-electron chi connectivity index (χ3n) is 2.77. The Hall–Kier alpha value is -1.81. The van der Waals surface area contributed by atoms with E-state index >= 15 is 0 Å². The summed E-state index contributed by atoms with van der Waals surface area (Å²) in [6.45, 7) is 4.20. The number of hydrogen-bond donors (Lipinski definition) is 1. The summed E-state index contributed by atoms with van der Waals surface area (Å²) in [4.78, 5) is 0. The summed E-state index contributed by atoms with van der Waals surface area (Å²) in [6.07, 6.45) is 3.16. The number of benzene rings is 1. The highest BCUT2D eigenvalue weighted by Crippen LogP contribution is 2.26. The lowest BCUT2D eigenvalue weighted by atomic mass is 10.1. The first-order chi connectivity index (χ1) is 8.56. The molecule has 0 saturated carbocycles. The number of rotatable bonds is 4. The number of hydrogen-bond acceptors (Lipinski definition) is 3. The van der Waals surface area contributed by atoms with E-state index in [-0.39, 0.29) is 0 Å². The molecule has 1 aromatic heterocycles. The minimum Gasteiger partial charge on any atom is -0.488 e. The molecule has 1 heterocycles. The van der Waals surface area contributed by atoms with Crippen LogP contribution < -0.4 is 4.74 Å². The Labute approximate surface area is 107 Å². The van der Waals surface area contributed by atoms with E-state index in [2.05, 4.69) is 5.10 Å². The van der Waals surface area contributed by atoms with E-state index in [9.17, 15) is 5.11 Å². The fourth-order valence-corrected chi connectivity index (χ4v) is 1.82. The van der Waals surface area contributed by atoms with Crippen LogP contribution in [0, 0.1) is 6.92 Å². The quantitative estimate of drug-likeness (QED) is 0.900. The zero-order valence-corrected chi connectivity index (χ0v) is 10.9. The lowest BCUT2D eigenvalue weighted by Gasteiger charge is -2.13. The number of aryl methyl sites for hydroxylation is 2. The minimum absolute atomic E-state index is 0.455. The Bertz CT molecular complexity index is 532. The Morgan fingerprint density at radius 2 is 2.22 bits per heavy atom. The van der Waals surface area contributed by atoms with Crippen LogP contribution in [0.3, 0.4) is 0 Å². The fourth-order valence-electron chi connectivity index (χ4n) is 1.82. The van der Waals surface area contributed by atoms with Crippen LogP contribution in [-0.4, -0.2) is 14.9 Å². The third-order valence-corrected chi connectivity index (χ3v) is 2.77. The van der Waals surface area contributed by atoms with E-state index in [0.717, 1.165) is 22.4 Å². The minimum atomic E-state index is -0.533. The van der Waals surface area contributed by atoms with Crippen molar-refractivity contribution in [2.24, 2.45) is 7.05 Å². The van der Waals surface area contributed by atoms with Crippen molar-refractivity contribution < 1.29 is 9.84 Å². The van der Waals surface area contributed by atoms with Crippen LogP contribution in [0.1, 0.15) is 29.7 Å². The Morgan fingerprint density at radius 3 is 2.83 bits per heavy atom. The average Bonchev–Trinajstić information content (AvgIpc) is 2.72. The number of aromatic nitrogens is 2. The van der Waals surface area contributed by atoms with Gasteiger partial charge in [-0.05, 0) is 25.5 Å². The maximum Gasteiger partial charge on any atom is 0.125 e. The monoisotopic (exact) mass is 246 g/mol. The number of aliphatic hydroxyl groups excluding tert-OH is 1. The largest absolute Gasteiger partial charge is 0.488 e. The maximum atomic E-state index is 9.70. The topological polar surface area (TPSA) is 47.3 Å². The van der Waals surface area contributed by atoms with Crippen molar-refractivity contribution in [3.8, 4) is 5.75 Å². The van der Waals surface area contributed by atoms with Gasteiger partial charge in [0.05, 0.1) is 12.3 Å². The zero-order chi connectivity index (χ0) is 13.1. The van der Waals surface area contributed by atoms with Gasteiger partial charge in [-0.25, -0.2) is 0 Å². The second kappa shape index (κ2) is 5.23. The van der Waals surface area contributed by atoms with Crippen LogP contribution in [0.5, 0.6) is 5.75 Å². The second-order valence-electron chi connectivity index (χ2n) is 4.53. The molecule has 2 aromatic rings. The third kappa shape index (κ3) is 2.90. The standard InChI is InChI=1S/C14H18N2O2/c1-10-4-5-13(11(2)17)14(6-10)18-9-12-7-15-16(3)8-12/h4-8,11,17H,9H2,1-3H3. The van der Waals surface area contributed by atoms with Gasteiger partial charge in [0, 0.05) is 24.4 Å². The summed E-state index contributed by atoms with van der Waals surface area (Å²) in [5, 5.41) is 13.8. The van der Waals surface area contributed by atoms with Crippen molar-refractivity contribution in [1.82, 2.24) is 9.78 Å². The first-order valence-corrected chi connectivity index (χ1v) is 5.95. The summed E-state index contributed by atoms with van der Waals surface area (Å²) >= 11 is 0. The molecule has 96 valence electrons. The Balaban J connectivity index is 2.15. The number of aliphatic hydroxyl groups is 1. The SMILES string of the molecule is Cc1ccc(C(C)O)c(OCc2cnn(C)c2)c1. The van der Waals surface area contributed by atoms with Gasteiger partial charge in [-0.15, -0.1) is 0 Å². The molecule has 0 saturated heterocycles. The highest BCUT2D eigenvalue weighted by molar-refractivity contribution is 5.38. The van der Waals surface area contributed by atoms with Gasteiger partial charge in [0.2, 0.25) is 0 Å². The summed E-state index contributed by atoms with van der Waals surface area (Å²) in [7, 11) is 1.87. The maximum absolute atomic E-state index is 9.70. The van der Waals surface area contributed by atoms with E-state index < -0.39 is 6.10 Å². The van der Waals surface area contributed by atoms with Gasteiger partial charge in [0.25, 0.3) is 0 Å². The van der Waals surface area contributed by atoms with E-state index in [0.29, 0.717) is 6.61 Å². The molecule has 1 N–H and O–H groups in total. The van der Waals surface area contributed by atoms with Crippen molar-refractivity contribution >= 4 is 0 Å². The molecule has 1 atom stereocenters. The van der Waals surface area contributed by atoms with Gasteiger partial charge in [-0.2, -0.15) is 5.10 Å². The van der Waals surface area contributed by atoms with Crippen LogP contribution in [0.25, 0.3) is 0 Å². The lowest BCUT2D eigenvalue weighted by molar-refractivity contribution is 0.190. The molecule has 0 aliphatic rings. The molecule has 1 aromatic carbocycles. The van der Waals surface area contributed by atoms with Gasteiger partial charge in [-0.3, -0.25) is 4.68 Å². The first-order valence-electron chi connectivity index (χ1n) is 5.95. The average molecular weight is 246 g/mol. The van der Waals surface area contributed by atoms with E-state index in [1.165, 1.54) is 0 Å². The van der Waals surface area contributed by atoms with Crippen LogP contribution in [-0.2, 0) is 13.7 Å². The van der Waals surface area contributed by atoms with Gasteiger partial charge in [0.1, 0.15) is 12.4 Å². The molecule has 4 nitrogen and oxygen atoms in total. The summed E-state index contributed by atoms with van der Waals surface area (Å²) in [6, 6.07) is 5.82. The predicted octanol–water partition coefficient (Wildman–Crippen LogP) is 2.36. The molecule has 0 bridgehead atoms. The summed E-state index contributed by atoms with van der Waals surface area (Å²) in [5.41, 5.74) is 2.93. The molecular formula is C14H18N2O2. The summed E-state index contributed by atoms with van der Waals surface area (Å²) in [5.74, 6) is 0.730. The van der Waals surface area contributed by atoms with Gasteiger partial charge < -0.3 is 9.84 Å². The van der Waals surface area contributed by atoms with Gasteiger partial charge in [0.15, 0.2) is 0 Å². The van der Waals surface area contributed by atoms with Crippen LogP contribution >= 0.6 is 0 Å². The molecule has 4 heteroatoms. The molecular weight excluding hydrogens is 228 g/mol. The van der Waals surface area contributed by atoms with Crippen molar-refractivity contribution in [1.29, 1.82) is 0 Å². The molecule has 1 unspecified atom stereocenters. The highest BCUT2D eigenvalue weighted by Gasteiger charge is 2.09. The van der Waals surface area contributed by atoms with E-state index in [1.54, 1.807) is 17.8 Å². The van der Waals surface area contributed by atoms with Gasteiger partial charge >= 0.3 is 0 Å². The molecule has 0 amide bonds. The van der Waals surface area contributed by atoms with Crippen molar-refractivity contribution in [2.75, 3.05) is 0 Å². The molecule has 18 heavy (non-hydrogen) atoms. The fraction of sp³-hybridized carbons (Fsp3) is 0.357. The second-order valence-corrected chi connectivity index (χ2v) is 4.53. The molecule has 0 fully saturated rings. The Morgan fingerprint density at radius 1 is 1.44 bits per heavy atom. The first kappa shape index (κ1) is 12.6. The highest BCUT2D eigenvalue weighted by atomic mass is 16.5. The molecule has 0 aliphatic heterocycles. The number of nitrogens with zero attached hydrogens (tertiary/aromatic N) is 2. The van der Waals surface area contributed by atoms with E-state index in [1.807, 2.05) is 38.4 Å². The molecule has 0 spiro atoms. The zero-order valence-electron chi connectivity index (χ0n) is 10.9. The van der Waals surface area contributed by atoms with Crippen molar-refractivity contribution in [3.63, 3.8) is 0 Å². The lowest BCUT2D eigenvalue weighted by Crippen LogP contribution is -2.01. The van der Waals surface area contributed by atoms with Crippen LogP contribution in [0.15, 0.2) is 30.6 Å². The predicted molar refractivity (Wildman–Crippen MR) is 69.4 cm³/mol. The normalized spacial score (nSPS) is 12.4. The summed E-state index contributed by atoms with van der Waals surface area (Å²) < 4.78 is 7.51. The van der Waals surface area contributed by atoms with Crippen molar-refractivity contribution in [3.05, 3.63) is 47.3 Å². The Kier molecular flexibility index (Phi) is 3.67. The van der Waals surface area contributed by atoms with Crippen LogP contribution in [0.4, 0.5) is 0 Å². The smallest absolute Gasteiger partial charge is 0.125 e. The van der Waals surface area contributed by atoms with Crippen LogP contribution in [0.2, 0.25) is 0 Å². The number of ether oxygens (including phenoxy) is 1. The van der Waals surface area contributed by atoms with Crippen molar-refractivity contribution in [2.45, 2.75) is 26.6 Å². The molecule has 0 aliphatic carbocycles. The molecule has 2 rings (SSSR count). The van der Waals surface area contributed by atoms with E-state index in [4.69, 9.17) is 4.74 Å².